The van der Waals surface area contributed by atoms with Crippen LogP contribution in [0, 0.1) is 0 Å². The van der Waals surface area contributed by atoms with Crippen LogP contribution in [-0.4, -0.2) is 108 Å². The van der Waals surface area contributed by atoms with E-state index in [0.717, 1.165) is 19.2 Å². The normalized spacial score (nSPS) is 36.0. The predicted molar refractivity (Wildman–Crippen MR) is 119 cm³/mol. The molecule has 2 fully saturated rings. The van der Waals surface area contributed by atoms with Crippen LogP contribution >= 0.6 is 15.6 Å². The summed E-state index contributed by atoms with van der Waals surface area (Å²) in [6, 6.07) is -0.820. The van der Waals surface area contributed by atoms with Crippen molar-refractivity contribution < 1.29 is 71.8 Å². The first kappa shape index (κ1) is 31.4. The van der Waals surface area contributed by atoms with Crippen LogP contribution in [0.3, 0.4) is 0 Å². The highest BCUT2D eigenvalue weighted by atomic mass is 31.3. The number of carbonyl (C=O) groups is 2. The maximum Gasteiger partial charge on any atom is 0.483 e. The summed E-state index contributed by atoms with van der Waals surface area (Å²) in [5, 5.41) is 42.5. The number of ether oxygens (including phenoxy) is 2. The number of aldehydes is 1. The third-order valence-corrected chi connectivity index (χ3v) is 8.05. The smallest absolute Gasteiger partial charge is 0.388 e. The molecule has 2 aliphatic rings. The van der Waals surface area contributed by atoms with Crippen molar-refractivity contribution in [2.75, 3.05) is 6.61 Å². The highest BCUT2D eigenvalue weighted by Crippen LogP contribution is 2.61. The van der Waals surface area contributed by atoms with Crippen molar-refractivity contribution in [2.24, 2.45) is 0 Å². The molecule has 2 aliphatic heterocycles. The van der Waals surface area contributed by atoms with E-state index >= 15 is 0 Å². The number of hydrogen-bond acceptors (Lipinski definition) is 15. The molecule has 3 heterocycles. The number of carbonyl (C=O) groups excluding carboxylic acids is 2. The summed E-state index contributed by atoms with van der Waals surface area (Å²) in [6.07, 6.45) is -13.5. The Balaban J connectivity index is 1.66. The molecule has 2 saturated heterocycles. The van der Waals surface area contributed by atoms with Gasteiger partial charge in [-0.15, -0.1) is 0 Å². The molecule has 0 saturated carbocycles. The average molecular weight is 605 g/mol. The highest BCUT2D eigenvalue weighted by Gasteiger charge is 2.50. The van der Waals surface area contributed by atoms with Crippen LogP contribution < -0.4 is 16.6 Å². The van der Waals surface area contributed by atoms with Gasteiger partial charge in [-0.1, -0.05) is 0 Å². The first-order valence-corrected chi connectivity index (χ1v) is 13.8. The molecule has 0 radical (unpaired) electrons. The van der Waals surface area contributed by atoms with Gasteiger partial charge in [0, 0.05) is 19.2 Å². The minimum Gasteiger partial charge on any atom is -0.388 e. The second-order valence-corrected chi connectivity index (χ2v) is 11.3. The second kappa shape index (κ2) is 12.1. The molecule has 0 spiro atoms. The summed E-state index contributed by atoms with van der Waals surface area (Å²) in [6.45, 7) is -0.0749. The number of phosphoric acid groups is 2. The van der Waals surface area contributed by atoms with Crippen LogP contribution in [0.1, 0.15) is 13.2 Å². The van der Waals surface area contributed by atoms with Crippen LogP contribution in [0.2, 0.25) is 0 Å². The third kappa shape index (κ3) is 7.53. The fourth-order valence-corrected chi connectivity index (χ4v) is 5.84. The van der Waals surface area contributed by atoms with Crippen molar-refractivity contribution in [3.8, 4) is 0 Å². The highest BCUT2D eigenvalue weighted by molar-refractivity contribution is 7.61. The number of H-pyrrole nitrogens is 1. The molecule has 20 nitrogen and oxygen atoms in total. The number of amides is 1. The Bertz CT molecular complexity index is 1270. The van der Waals surface area contributed by atoms with Gasteiger partial charge >= 0.3 is 21.3 Å². The van der Waals surface area contributed by atoms with Crippen molar-refractivity contribution in [2.45, 2.75) is 62.1 Å². The summed E-state index contributed by atoms with van der Waals surface area (Å²) in [7, 11) is -11.2. The zero-order chi connectivity index (χ0) is 29.3. The maximum atomic E-state index is 12.4. The number of rotatable bonds is 10. The molecule has 1 amide bonds. The topological polar surface area (TPSA) is 303 Å². The van der Waals surface area contributed by atoms with Crippen molar-refractivity contribution in [1.29, 1.82) is 0 Å². The predicted octanol–water partition coefficient (Wildman–Crippen LogP) is -4.44. The molecule has 8 N–H and O–H groups in total. The molecule has 0 aromatic carbocycles. The summed E-state index contributed by atoms with van der Waals surface area (Å²) in [5.41, 5.74) is -1.76. The lowest BCUT2D eigenvalue weighted by atomic mass is 9.97. The van der Waals surface area contributed by atoms with E-state index in [0.29, 0.717) is 4.57 Å². The number of aliphatic hydroxyl groups excluding tert-OH is 4. The number of hydrogen-bond donors (Lipinski definition) is 8. The fourth-order valence-electron chi connectivity index (χ4n) is 3.68. The summed E-state index contributed by atoms with van der Waals surface area (Å²) in [5.74, 6) is -0.822. The summed E-state index contributed by atoms with van der Waals surface area (Å²) >= 11 is 0. The van der Waals surface area contributed by atoms with Gasteiger partial charge in [-0.05, 0) is 0 Å². The summed E-state index contributed by atoms with van der Waals surface area (Å²) < 4.78 is 48.9. The molecule has 0 bridgehead atoms. The standard InChI is InChI=1S/C17H25N3O17P2/c1-6(22)18-10-13(26)11(24)7(4-21)35-16(10)36-39(31,32)37-38(29,30)33-5-8-12(25)14(27)15(34-8)20-3-2-9(23)19-17(20)28/h2-4,7-8,10-16,24-27H,5H2,1H3,(H,18,22)(H,29,30)(H,31,32)(H,19,23,28)/t7?,8-,10?,11-,12?,13-,14?,15-,16-/m1/s1. The van der Waals surface area contributed by atoms with Gasteiger partial charge in [0.1, 0.15) is 42.7 Å². The van der Waals surface area contributed by atoms with E-state index in [-0.39, 0.29) is 6.29 Å². The first-order chi connectivity index (χ1) is 18.0. The van der Waals surface area contributed by atoms with Crippen molar-refractivity contribution in [3.05, 3.63) is 33.1 Å². The average Bonchev–Trinajstić information content (AvgIpc) is 3.10. The SMILES string of the molecule is CC(=O)NC1[C@@H](O[P@@](=O)(O)O[P@@](=O)(O)OC[C@H]2O[C@@H](n3ccc(=O)[nH]c3=O)C(O)C2O)OC(C=O)[C@@H](O)[C@@H]1O. The largest absolute Gasteiger partial charge is 0.483 e. The van der Waals surface area contributed by atoms with Gasteiger partial charge in [-0.3, -0.25) is 28.2 Å². The number of aromatic nitrogens is 2. The van der Waals surface area contributed by atoms with Gasteiger partial charge in [-0.2, -0.15) is 4.31 Å². The van der Waals surface area contributed by atoms with Gasteiger partial charge in [0.2, 0.25) is 5.91 Å². The molecular weight excluding hydrogens is 580 g/mol. The number of nitrogens with one attached hydrogen (secondary N) is 2. The zero-order valence-corrected chi connectivity index (χ0v) is 21.4. The lowest BCUT2D eigenvalue weighted by molar-refractivity contribution is -0.232. The molecule has 4 unspecified atom stereocenters. The van der Waals surface area contributed by atoms with Gasteiger partial charge in [-0.25, -0.2) is 13.9 Å². The molecule has 22 heteroatoms. The minimum atomic E-state index is -5.66. The number of aromatic amines is 1. The Morgan fingerprint density at radius 3 is 2.36 bits per heavy atom. The minimum absolute atomic E-state index is 0.0210. The fraction of sp³-hybridized carbons (Fsp3) is 0.647. The van der Waals surface area contributed by atoms with Crippen LogP contribution in [0.25, 0.3) is 0 Å². The Morgan fingerprint density at radius 1 is 1.10 bits per heavy atom. The Kier molecular flexibility index (Phi) is 9.77. The molecule has 11 atom stereocenters. The lowest BCUT2D eigenvalue weighted by Crippen LogP contribution is -2.64. The van der Waals surface area contributed by atoms with E-state index in [4.69, 9.17) is 9.47 Å². The second-order valence-electron chi connectivity index (χ2n) is 8.30. The monoisotopic (exact) mass is 605 g/mol. The Labute approximate surface area is 216 Å². The van der Waals surface area contributed by atoms with Crippen LogP contribution in [0.5, 0.6) is 0 Å². The number of aliphatic hydroxyl groups is 4. The van der Waals surface area contributed by atoms with E-state index in [1.54, 1.807) is 0 Å². The lowest BCUT2D eigenvalue weighted by Gasteiger charge is -2.40. The van der Waals surface area contributed by atoms with E-state index in [1.807, 2.05) is 4.98 Å². The van der Waals surface area contributed by atoms with Crippen molar-refractivity contribution in [1.82, 2.24) is 14.9 Å². The Morgan fingerprint density at radius 2 is 1.77 bits per heavy atom. The third-order valence-electron chi connectivity index (χ3n) is 5.45. The maximum absolute atomic E-state index is 12.4. The number of nitrogens with zero attached hydrogens (tertiary/aromatic N) is 1. The Hall–Kier alpha value is -2.16. The van der Waals surface area contributed by atoms with Crippen molar-refractivity contribution >= 4 is 27.8 Å². The molecule has 0 aliphatic carbocycles. The molecule has 1 aromatic rings. The number of phosphoric ester groups is 2. The molecular formula is C17H25N3O17P2. The quantitative estimate of drug-likeness (QED) is 0.0921. The van der Waals surface area contributed by atoms with Crippen LogP contribution in [-0.2, 0) is 41.6 Å². The molecule has 1 aromatic heterocycles. The van der Waals surface area contributed by atoms with E-state index < -0.39 is 94.6 Å². The van der Waals surface area contributed by atoms with E-state index in [1.165, 1.54) is 0 Å². The van der Waals surface area contributed by atoms with Gasteiger partial charge in [0.25, 0.3) is 5.56 Å². The van der Waals surface area contributed by atoms with E-state index in [2.05, 4.69) is 18.7 Å². The van der Waals surface area contributed by atoms with Gasteiger partial charge in [0.05, 0.1) is 6.61 Å². The molecule has 3 rings (SSSR count). The first-order valence-electron chi connectivity index (χ1n) is 10.8. The van der Waals surface area contributed by atoms with Gasteiger partial charge in [0.15, 0.2) is 18.8 Å². The van der Waals surface area contributed by atoms with Crippen LogP contribution in [0.4, 0.5) is 0 Å². The summed E-state index contributed by atoms with van der Waals surface area (Å²) in [4.78, 5) is 67.4. The molecule has 39 heavy (non-hydrogen) atoms. The van der Waals surface area contributed by atoms with E-state index in [9.17, 15) is 58.5 Å². The van der Waals surface area contributed by atoms with Crippen molar-refractivity contribution in [3.63, 3.8) is 0 Å². The zero-order valence-electron chi connectivity index (χ0n) is 19.7. The molecule has 220 valence electrons. The van der Waals surface area contributed by atoms with Crippen LogP contribution in [0.15, 0.2) is 21.9 Å². The van der Waals surface area contributed by atoms with Gasteiger partial charge < -0.3 is 49.8 Å².